The maximum atomic E-state index is 12.8. The van der Waals surface area contributed by atoms with Crippen molar-refractivity contribution in [2.24, 2.45) is 0 Å². The molecule has 154 valence electrons. The minimum atomic E-state index is -0.0107. The van der Waals surface area contributed by atoms with Crippen molar-refractivity contribution in [3.05, 3.63) is 60.1 Å². The maximum Gasteiger partial charge on any atom is 0.272 e. The molecular formula is C23H31N5O. The number of hydrogen-bond donors (Lipinski definition) is 1. The number of nitrogens with one attached hydrogen (secondary N) is 1. The molecule has 0 bridgehead atoms. The first kappa shape index (κ1) is 21.0. The second-order valence-corrected chi connectivity index (χ2v) is 7.33. The highest BCUT2D eigenvalue weighted by Gasteiger charge is 2.22. The number of nitrogens with zero attached hydrogens (tertiary/aromatic N) is 4. The molecule has 1 saturated heterocycles. The van der Waals surface area contributed by atoms with Gasteiger partial charge < -0.3 is 10.2 Å². The molecule has 0 unspecified atom stereocenters. The van der Waals surface area contributed by atoms with Crippen molar-refractivity contribution in [1.82, 2.24) is 19.8 Å². The number of rotatable bonds is 9. The second-order valence-electron chi connectivity index (χ2n) is 7.33. The van der Waals surface area contributed by atoms with Crippen LogP contribution in [0.15, 0.2) is 48.8 Å². The van der Waals surface area contributed by atoms with Crippen LogP contribution in [-0.4, -0.2) is 64.9 Å². The zero-order valence-electron chi connectivity index (χ0n) is 17.3. The summed E-state index contributed by atoms with van der Waals surface area (Å²) in [6, 6.07) is 12.1. The fraction of sp³-hybridized carbons (Fsp3) is 0.435. The second kappa shape index (κ2) is 11.3. The van der Waals surface area contributed by atoms with Crippen molar-refractivity contribution >= 4 is 17.8 Å². The zero-order valence-corrected chi connectivity index (χ0v) is 17.3. The average molecular weight is 394 g/mol. The zero-order chi connectivity index (χ0) is 20.3. The minimum Gasteiger partial charge on any atom is -0.370 e. The Balaban J connectivity index is 1.45. The molecule has 1 amide bonds. The normalized spacial score (nSPS) is 15.0. The van der Waals surface area contributed by atoms with E-state index in [1.165, 1.54) is 24.7 Å². The lowest BCUT2D eigenvalue weighted by molar-refractivity contribution is 0.0644. The topological polar surface area (TPSA) is 61.4 Å². The van der Waals surface area contributed by atoms with Crippen LogP contribution >= 0.6 is 0 Å². The molecule has 0 radical (unpaired) electrons. The summed E-state index contributed by atoms with van der Waals surface area (Å²) >= 11 is 0. The van der Waals surface area contributed by atoms with Gasteiger partial charge in [-0.05, 0) is 12.0 Å². The van der Waals surface area contributed by atoms with Crippen molar-refractivity contribution in [3.8, 4) is 0 Å². The van der Waals surface area contributed by atoms with Gasteiger partial charge in [0.15, 0.2) is 0 Å². The van der Waals surface area contributed by atoms with Crippen LogP contribution in [0.2, 0.25) is 0 Å². The van der Waals surface area contributed by atoms with Gasteiger partial charge in [0.1, 0.15) is 17.8 Å². The molecule has 0 aliphatic carbocycles. The Kier molecular flexibility index (Phi) is 8.19. The molecule has 1 aliphatic rings. The number of unbranched alkanes of at least 4 members (excludes halogenated alkanes) is 2. The lowest BCUT2D eigenvalue weighted by atomic mass is 10.2. The molecule has 2 aromatic rings. The molecule has 3 rings (SSSR count). The van der Waals surface area contributed by atoms with E-state index in [9.17, 15) is 4.79 Å². The third-order valence-electron chi connectivity index (χ3n) is 5.11. The number of carbonyl (C=O) groups is 1. The summed E-state index contributed by atoms with van der Waals surface area (Å²) in [5, 5.41) is 3.28. The number of piperazine rings is 1. The van der Waals surface area contributed by atoms with Crippen LogP contribution in [0.1, 0.15) is 42.2 Å². The Hall–Kier alpha value is -2.73. The number of benzene rings is 1. The Labute approximate surface area is 173 Å². The van der Waals surface area contributed by atoms with Crippen molar-refractivity contribution < 1.29 is 4.79 Å². The number of anilines is 1. The predicted molar refractivity (Wildman–Crippen MR) is 118 cm³/mol. The lowest BCUT2D eigenvalue weighted by Gasteiger charge is -2.34. The Bertz CT molecular complexity index is 785. The Morgan fingerprint density at radius 2 is 1.90 bits per heavy atom. The van der Waals surface area contributed by atoms with Crippen molar-refractivity contribution in [1.29, 1.82) is 0 Å². The standard InChI is InChI=1S/C23H31N5O/c1-2-3-7-12-24-22-18-21(25-19-26-22)23(29)28-16-14-27(15-17-28)13-8-11-20-9-5-4-6-10-20/h4-6,8-11,18-19H,2-3,7,12-17H2,1H3,(H,24,25,26)/b11-8+. The van der Waals surface area contributed by atoms with Crippen LogP contribution in [0, 0.1) is 0 Å². The first-order chi connectivity index (χ1) is 14.3. The molecule has 2 heterocycles. The summed E-state index contributed by atoms with van der Waals surface area (Å²) < 4.78 is 0. The van der Waals surface area contributed by atoms with Gasteiger partial charge in [0.2, 0.25) is 0 Å². The Morgan fingerprint density at radius 1 is 1.10 bits per heavy atom. The summed E-state index contributed by atoms with van der Waals surface area (Å²) in [5.74, 6) is 0.715. The van der Waals surface area contributed by atoms with Crippen LogP contribution in [0.25, 0.3) is 6.08 Å². The van der Waals surface area contributed by atoms with Crippen LogP contribution in [0.3, 0.4) is 0 Å². The van der Waals surface area contributed by atoms with Gasteiger partial charge in [0.25, 0.3) is 5.91 Å². The van der Waals surface area contributed by atoms with Crippen LogP contribution < -0.4 is 5.32 Å². The molecule has 6 nitrogen and oxygen atoms in total. The molecule has 1 aromatic heterocycles. The summed E-state index contributed by atoms with van der Waals surface area (Å²) in [6.45, 7) is 7.14. The molecule has 0 spiro atoms. The third-order valence-corrected chi connectivity index (χ3v) is 5.11. The maximum absolute atomic E-state index is 12.8. The monoisotopic (exact) mass is 393 g/mol. The van der Waals surface area contributed by atoms with Gasteiger partial charge in [-0.1, -0.05) is 62.2 Å². The minimum absolute atomic E-state index is 0.0107. The van der Waals surface area contributed by atoms with E-state index in [0.717, 1.165) is 51.5 Å². The van der Waals surface area contributed by atoms with E-state index < -0.39 is 0 Å². The van der Waals surface area contributed by atoms with Crippen molar-refractivity contribution in [2.75, 3.05) is 44.6 Å². The van der Waals surface area contributed by atoms with Crippen molar-refractivity contribution in [2.45, 2.75) is 26.2 Å². The summed E-state index contributed by atoms with van der Waals surface area (Å²) in [7, 11) is 0. The highest BCUT2D eigenvalue weighted by molar-refractivity contribution is 5.93. The number of amides is 1. The third kappa shape index (κ3) is 6.68. The molecular weight excluding hydrogens is 362 g/mol. The lowest BCUT2D eigenvalue weighted by Crippen LogP contribution is -2.48. The summed E-state index contributed by atoms with van der Waals surface area (Å²) in [6.07, 6.45) is 9.28. The fourth-order valence-corrected chi connectivity index (χ4v) is 3.36. The number of aromatic nitrogens is 2. The summed E-state index contributed by atoms with van der Waals surface area (Å²) in [4.78, 5) is 25.5. The molecule has 0 atom stereocenters. The first-order valence-electron chi connectivity index (χ1n) is 10.6. The predicted octanol–water partition coefficient (Wildman–Crippen LogP) is 3.55. The molecule has 1 N–H and O–H groups in total. The molecule has 1 aromatic carbocycles. The number of hydrogen-bond acceptors (Lipinski definition) is 5. The van der Waals surface area contributed by atoms with Gasteiger partial charge in [-0.15, -0.1) is 0 Å². The SMILES string of the molecule is CCCCCNc1cc(C(=O)N2CCN(C/C=C/c3ccccc3)CC2)ncn1. The smallest absolute Gasteiger partial charge is 0.272 e. The van der Waals surface area contributed by atoms with E-state index in [0.29, 0.717) is 5.69 Å². The van der Waals surface area contributed by atoms with E-state index in [2.05, 4.69) is 51.4 Å². The van der Waals surface area contributed by atoms with E-state index in [1.807, 2.05) is 23.1 Å². The van der Waals surface area contributed by atoms with Crippen LogP contribution in [0.4, 0.5) is 5.82 Å². The highest BCUT2D eigenvalue weighted by Crippen LogP contribution is 2.11. The fourth-order valence-electron chi connectivity index (χ4n) is 3.36. The van der Waals surface area contributed by atoms with Gasteiger partial charge in [0.05, 0.1) is 0 Å². The molecule has 1 aliphatic heterocycles. The van der Waals surface area contributed by atoms with E-state index >= 15 is 0 Å². The average Bonchev–Trinajstić information content (AvgIpc) is 2.78. The van der Waals surface area contributed by atoms with Gasteiger partial charge in [0, 0.05) is 45.3 Å². The van der Waals surface area contributed by atoms with Gasteiger partial charge in [-0.2, -0.15) is 0 Å². The van der Waals surface area contributed by atoms with Crippen LogP contribution in [0.5, 0.6) is 0 Å². The molecule has 0 saturated carbocycles. The number of carbonyl (C=O) groups excluding carboxylic acids is 1. The van der Waals surface area contributed by atoms with E-state index in [4.69, 9.17) is 0 Å². The van der Waals surface area contributed by atoms with Gasteiger partial charge >= 0.3 is 0 Å². The largest absolute Gasteiger partial charge is 0.370 e. The van der Waals surface area contributed by atoms with Crippen molar-refractivity contribution in [3.63, 3.8) is 0 Å². The van der Waals surface area contributed by atoms with E-state index in [-0.39, 0.29) is 5.91 Å². The first-order valence-corrected chi connectivity index (χ1v) is 10.6. The summed E-state index contributed by atoms with van der Waals surface area (Å²) in [5.41, 5.74) is 1.68. The molecule has 1 fully saturated rings. The van der Waals surface area contributed by atoms with Crippen LogP contribution in [-0.2, 0) is 0 Å². The molecule has 6 heteroatoms. The molecule has 29 heavy (non-hydrogen) atoms. The van der Waals surface area contributed by atoms with Gasteiger partial charge in [-0.3, -0.25) is 9.69 Å². The van der Waals surface area contributed by atoms with Gasteiger partial charge in [-0.25, -0.2) is 9.97 Å². The Morgan fingerprint density at radius 3 is 2.66 bits per heavy atom. The van der Waals surface area contributed by atoms with E-state index in [1.54, 1.807) is 6.07 Å². The quantitative estimate of drug-likeness (QED) is 0.660. The highest BCUT2D eigenvalue weighted by atomic mass is 16.2.